The zero-order valence-electron chi connectivity index (χ0n) is 14.8. The van der Waals surface area contributed by atoms with Crippen molar-refractivity contribution in [2.75, 3.05) is 6.54 Å². The lowest BCUT2D eigenvalue weighted by molar-refractivity contribution is -0.121. The number of hydrogen-bond donors (Lipinski definition) is 2. The lowest BCUT2D eigenvalue weighted by atomic mass is 10.1. The second-order valence-corrected chi connectivity index (χ2v) is 6.54. The van der Waals surface area contributed by atoms with E-state index in [1.54, 1.807) is 18.2 Å². The number of rotatable bonds is 5. The lowest BCUT2D eigenvalue weighted by Gasteiger charge is -2.13. The molecule has 2 aromatic carbocycles. The first-order valence-corrected chi connectivity index (χ1v) is 8.70. The van der Waals surface area contributed by atoms with Crippen molar-refractivity contribution < 1.29 is 14.4 Å². The fourth-order valence-corrected chi connectivity index (χ4v) is 3.18. The van der Waals surface area contributed by atoms with Crippen molar-refractivity contribution in [1.82, 2.24) is 20.2 Å². The van der Waals surface area contributed by atoms with Gasteiger partial charge in [-0.1, -0.05) is 23.8 Å². The number of nitrogens with one attached hydrogen (secondary N) is 2. The van der Waals surface area contributed by atoms with Gasteiger partial charge in [-0.3, -0.25) is 19.3 Å². The summed E-state index contributed by atoms with van der Waals surface area (Å²) < 4.78 is 0. The molecule has 0 saturated carbocycles. The van der Waals surface area contributed by atoms with Crippen LogP contribution in [0, 0.1) is 6.92 Å². The van der Waals surface area contributed by atoms with Crippen LogP contribution in [0.5, 0.6) is 0 Å². The van der Waals surface area contributed by atoms with E-state index >= 15 is 0 Å². The number of carbonyl (C=O) groups is 3. The summed E-state index contributed by atoms with van der Waals surface area (Å²) in [6.07, 6.45) is 0.0463. The Hall–Kier alpha value is -3.48. The van der Waals surface area contributed by atoms with Gasteiger partial charge in [-0.2, -0.15) is 0 Å². The van der Waals surface area contributed by atoms with E-state index in [4.69, 9.17) is 0 Å². The lowest BCUT2D eigenvalue weighted by Crippen LogP contribution is -2.34. The Bertz CT molecular complexity index is 1040. The largest absolute Gasteiger partial charge is 0.349 e. The third-order valence-corrected chi connectivity index (χ3v) is 4.58. The molecule has 27 heavy (non-hydrogen) atoms. The molecule has 7 nitrogen and oxygen atoms in total. The zero-order valence-corrected chi connectivity index (χ0v) is 14.8. The van der Waals surface area contributed by atoms with E-state index in [1.165, 1.54) is 0 Å². The molecule has 0 aliphatic carbocycles. The van der Waals surface area contributed by atoms with Crippen LogP contribution < -0.4 is 5.32 Å². The molecule has 0 bridgehead atoms. The molecule has 2 heterocycles. The van der Waals surface area contributed by atoms with Crippen LogP contribution in [-0.2, 0) is 11.3 Å². The molecule has 2 N–H and O–H groups in total. The van der Waals surface area contributed by atoms with Crippen LogP contribution in [-0.4, -0.2) is 39.1 Å². The molecule has 1 aliphatic rings. The van der Waals surface area contributed by atoms with E-state index in [-0.39, 0.29) is 37.2 Å². The Morgan fingerprint density at radius 3 is 2.70 bits per heavy atom. The number of imide groups is 1. The van der Waals surface area contributed by atoms with Crippen molar-refractivity contribution in [1.29, 1.82) is 0 Å². The highest BCUT2D eigenvalue weighted by atomic mass is 16.2. The predicted molar refractivity (Wildman–Crippen MR) is 99.1 cm³/mol. The maximum absolute atomic E-state index is 12.4. The van der Waals surface area contributed by atoms with Crippen molar-refractivity contribution in [3.05, 3.63) is 65.0 Å². The smallest absolute Gasteiger partial charge is 0.261 e. The Labute approximate surface area is 155 Å². The first-order valence-electron chi connectivity index (χ1n) is 8.70. The number of imidazole rings is 1. The quantitative estimate of drug-likeness (QED) is 0.680. The molecule has 1 aromatic heterocycles. The summed E-state index contributed by atoms with van der Waals surface area (Å²) in [4.78, 5) is 45.6. The van der Waals surface area contributed by atoms with E-state index in [0.717, 1.165) is 21.5 Å². The first kappa shape index (κ1) is 17.0. The number of aryl methyl sites for hydroxylation is 1. The first-order chi connectivity index (χ1) is 13.0. The van der Waals surface area contributed by atoms with Crippen molar-refractivity contribution >= 4 is 28.8 Å². The number of para-hydroxylation sites is 2. The number of H-pyrrole nitrogens is 1. The molecular formula is C20H18N4O3. The molecule has 0 fully saturated rings. The zero-order chi connectivity index (χ0) is 19.0. The Morgan fingerprint density at radius 2 is 1.89 bits per heavy atom. The Kier molecular flexibility index (Phi) is 4.19. The monoisotopic (exact) mass is 362 g/mol. The molecular weight excluding hydrogens is 344 g/mol. The highest BCUT2D eigenvalue weighted by molar-refractivity contribution is 6.21. The number of benzene rings is 2. The number of hydrogen-bond acceptors (Lipinski definition) is 4. The van der Waals surface area contributed by atoms with Crippen molar-refractivity contribution in [3.63, 3.8) is 0 Å². The molecule has 0 atom stereocenters. The summed E-state index contributed by atoms with van der Waals surface area (Å²) in [6.45, 7) is 2.18. The predicted octanol–water partition coefficient (Wildman–Crippen LogP) is 2.17. The number of aromatic amines is 1. The van der Waals surface area contributed by atoms with Crippen LogP contribution in [0.2, 0.25) is 0 Å². The highest BCUT2D eigenvalue weighted by Gasteiger charge is 2.35. The summed E-state index contributed by atoms with van der Waals surface area (Å²) >= 11 is 0. The number of amides is 3. The van der Waals surface area contributed by atoms with Gasteiger partial charge in [0, 0.05) is 13.0 Å². The topological polar surface area (TPSA) is 95.2 Å². The Balaban J connectivity index is 1.34. The number of fused-ring (bicyclic) bond motifs is 2. The molecule has 3 amide bonds. The minimum atomic E-state index is -0.347. The molecule has 0 unspecified atom stereocenters. The van der Waals surface area contributed by atoms with Crippen LogP contribution in [0.15, 0.2) is 42.5 Å². The van der Waals surface area contributed by atoms with Gasteiger partial charge in [0.1, 0.15) is 5.82 Å². The average molecular weight is 362 g/mol. The molecule has 4 rings (SSSR count). The fraction of sp³-hybridized carbons (Fsp3) is 0.200. The highest BCUT2D eigenvalue weighted by Crippen LogP contribution is 2.23. The maximum atomic E-state index is 12.4. The minimum absolute atomic E-state index is 0.0463. The molecule has 0 spiro atoms. The second kappa shape index (κ2) is 6.68. The van der Waals surface area contributed by atoms with E-state index in [0.29, 0.717) is 17.0 Å². The standard InChI is InChI=1S/C20H18N4O3/c1-12-6-7-13-14(10-12)20(27)24(19(13)26)9-8-18(25)21-11-17-22-15-4-2-3-5-16(15)23-17/h2-7,10H,8-9,11H2,1H3,(H,21,25)(H,22,23). The third kappa shape index (κ3) is 3.19. The summed E-state index contributed by atoms with van der Waals surface area (Å²) in [5.74, 6) is -0.284. The van der Waals surface area contributed by atoms with Gasteiger partial charge < -0.3 is 10.3 Å². The Morgan fingerprint density at radius 1 is 1.11 bits per heavy atom. The van der Waals surface area contributed by atoms with Gasteiger partial charge in [0.25, 0.3) is 11.8 Å². The molecule has 1 aliphatic heterocycles. The number of carbonyl (C=O) groups excluding carboxylic acids is 3. The van der Waals surface area contributed by atoms with Gasteiger partial charge >= 0.3 is 0 Å². The van der Waals surface area contributed by atoms with Crippen LogP contribution in [0.1, 0.15) is 38.5 Å². The van der Waals surface area contributed by atoms with Gasteiger partial charge in [0.05, 0.1) is 28.7 Å². The van der Waals surface area contributed by atoms with Gasteiger partial charge in [-0.25, -0.2) is 4.98 Å². The maximum Gasteiger partial charge on any atom is 0.261 e. The van der Waals surface area contributed by atoms with Gasteiger partial charge in [-0.05, 0) is 31.2 Å². The van der Waals surface area contributed by atoms with Crippen LogP contribution >= 0.6 is 0 Å². The third-order valence-electron chi connectivity index (χ3n) is 4.58. The number of nitrogens with zero attached hydrogens (tertiary/aromatic N) is 2. The van der Waals surface area contributed by atoms with E-state index in [2.05, 4.69) is 15.3 Å². The van der Waals surface area contributed by atoms with E-state index < -0.39 is 0 Å². The molecule has 3 aromatic rings. The molecule has 7 heteroatoms. The summed E-state index contributed by atoms with van der Waals surface area (Å²) in [6, 6.07) is 12.8. The van der Waals surface area contributed by atoms with Gasteiger partial charge in [0.2, 0.25) is 5.91 Å². The summed E-state index contributed by atoms with van der Waals surface area (Å²) in [7, 11) is 0. The molecule has 136 valence electrons. The number of aromatic nitrogens is 2. The van der Waals surface area contributed by atoms with Crippen LogP contribution in [0.3, 0.4) is 0 Å². The van der Waals surface area contributed by atoms with E-state index in [9.17, 15) is 14.4 Å². The van der Waals surface area contributed by atoms with Crippen molar-refractivity contribution in [2.24, 2.45) is 0 Å². The summed E-state index contributed by atoms with van der Waals surface area (Å²) in [5, 5.41) is 2.76. The van der Waals surface area contributed by atoms with Crippen molar-refractivity contribution in [2.45, 2.75) is 19.9 Å². The minimum Gasteiger partial charge on any atom is -0.349 e. The summed E-state index contributed by atoms with van der Waals surface area (Å²) in [5.41, 5.74) is 3.46. The fourth-order valence-electron chi connectivity index (χ4n) is 3.18. The van der Waals surface area contributed by atoms with Gasteiger partial charge in [0.15, 0.2) is 0 Å². The van der Waals surface area contributed by atoms with Gasteiger partial charge in [-0.15, -0.1) is 0 Å². The van der Waals surface area contributed by atoms with Crippen LogP contribution in [0.4, 0.5) is 0 Å². The second-order valence-electron chi connectivity index (χ2n) is 6.54. The SMILES string of the molecule is Cc1ccc2c(c1)C(=O)N(CCC(=O)NCc1nc3ccccc3[nH]1)C2=O. The van der Waals surface area contributed by atoms with E-state index in [1.807, 2.05) is 31.2 Å². The normalized spacial score (nSPS) is 13.3. The van der Waals surface area contributed by atoms with Crippen molar-refractivity contribution in [3.8, 4) is 0 Å². The molecule has 0 radical (unpaired) electrons. The average Bonchev–Trinajstić information content (AvgIpc) is 3.18. The molecule has 0 saturated heterocycles. The van der Waals surface area contributed by atoms with Crippen LogP contribution in [0.25, 0.3) is 11.0 Å².